The molecule has 5 nitrogen and oxygen atoms in total. The average molecular weight is 334 g/mol. The lowest BCUT2D eigenvalue weighted by Crippen LogP contribution is -2.32. The Morgan fingerprint density at radius 1 is 1.60 bits per heavy atom. The van der Waals surface area contributed by atoms with Crippen molar-refractivity contribution in [1.29, 1.82) is 0 Å². The molecule has 1 aromatic rings. The maximum atomic E-state index is 12.2. The molecule has 0 aliphatic carbocycles. The molecule has 1 fully saturated rings. The van der Waals surface area contributed by atoms with E-state index in [4.69, 9.17) is 22.7 Å². The molecule has 20 heavy (non-hydrogen) atoms. The second-order valence-corrected chi connectivity index (χ2v) is 8.22. The van der Waals surface area contributed by atoms with Crippen LogP contribution in [-0.4, -0.2) is 32.7 Å². The van der Waals surface area contributed by atoms with Crippen molar-refractivity contribution in [2.45, 2.75) is 30.1 Å². The SMILES string of the molecule is CCC1OCCC1CNS(=O)(=O)c1ccc(C(N)=S)s1. The average Bonchev–Trinajstić information content (AvgIpc) is 3.05. The van der Waals surface area contributed by atoms with E-state index in [0.29, 0.717) is 18.0 Å². The largest absolute Gasteiger partial charge is 0.389 e. The normalized spacial score (nSPS) is 23.1. The summed E-state index contributed by atoms with van der Waals surface area (Å²) in [6.07, 6.45) is 1.94. The first-order valence-electron chi connectivity index (χ1n) is 6.45. The Hall–Kier alpha value is -0.540. The number of hydrogen-bond acceptors (Lipinski definition) is 5. The first-order valence-corrected chi connectivity index (χ1v) is 9.15. The lowest BCUT2D eigenvalue weighted by Gasteiger charge is -2.16. The van der Waals surface area contributed by atoms with E-state index in [1.807, 2.05) is 6.92 Å². The van der Waals surface area contributed by atoms with Gasteiger partial charge in [0.05, 0.1) is 11.0 Å². The quantitative estimate of drug-likeness (QED) is 0.770. The summed E-state index contributed by atoms with van der Waals surface area (Å²) in [6, 6.07) is 3.17. The van der Waals surface area contributed by atoms with E-state index in [9.17, 15) is 8.42 Å². The van der Waals surface area contributed by atoms with E-state index in [2.05, 4.69) is 4.72 Å². The number of hydrogen-bond donors (Lipinski definition) is 2. The van der Waals surface area contributed by atoms with Crippen LogP contribution in [0, 0.1) is 5.92 Å². The van der Waals surface area contributed by atoms with Crippen LogP contribution in [0.3, 0.4) is 0 Å². The highest BCUT2D eigenvalue weighted by Gasteiger charge is 2.28. The second kappa shape index (κ2) is 6.48. The maximum absolute atomic E-state index is 12.2. The van der Waals surface area contributed by atoms with Crippen molar-refractivity contribution in [2.24, 2.45) is 11.7 Å². The fourth-order valence-corrected chi connectivity index (χ4v) is 4.75. The molecule has 0 saturated carbocycles. The Morgan fingerprint density at radius 3 is 2.95 bits per heavy atom. The highest BCUT2D eigenvalue weighted by Crippen LogP contribution is 2.25. The predicted molar refractivity (Wildman–Crippen MR) is 83.5 cm³/mol. The van der Waals surface area contributed by atoms with Gasteiger partial charge in [0.1, 0.15) is 9.20 Å². The standard InChI is InChI=1S/C12H18N2O3S3/c1-2-9-8(5-6-17-9)7-14-20(15,16)11-4-3-10(19-11)12(13)18/h3-4,8-9,14H,2,5-7H2,1H3,(H2,13,18). The van der Waals surface area contributed by atoms with Crippen LogP contribution in [0.1, 0.15) is 24.6 Å². The molecule has 3 N–H and O–H groups in total. The van der Waals surface area contributed by atoms with Gasteiger partial charge in [-0.25, -0.2) is 13.1 Å². The van der Waals surface area contributed by atoms with Gasteiger partial charge in [-0.15, -0.1) is 11.3 Å². The first-order chi connectivity index (χ1) is 9.44. The van der Waals surface area contributed by atoms with Gasteiger partial charge in [0, 0.05) is 19.1 Å². The molecule has 2 heterocycles. The molecule has 0 bridgehead atoms. The summed E-state index contributed by atoms with van der Waals surface area (Å²) >= 11 is 5.93. The summed E-state index contributed by atoms with van der Waals surface area (Å²) in [4.78, 5) is 0.822. The number of nitrogens with one attached hydrogen (secondary N) is 1. The van der Waals surface area contributed by atoms with Gasteiger partial charge in [-0.05, 0) is 25.0 Å². The third kappa shape index (κ3) is 3.56. The molecular weight excluding hydrogens is 316 g/mol. The van der Waals surface area contributed by atoms with Crippen molar-refractivity contribution in [3.05, 3.63) is 17.0 Å². The molecule has 1 aromatic heterocycles. The van der Waals surface area contributed by atoms with E-state index in [0.717, 1.165) is 24.2 Å². The molecule has 1 saturated heterocycles. The van der Waals surface area contributed by atoms with Crippen molar-refractivity contribution in [3.8, 4) is 0 Å². The minimum Gasteiger partial charge on any atom is -0.389 e. The van der Waals surface area contributed by atoms with Gasteiger partial charge in [-0.3, -0.25) is 0 Å². The molecule has 1 aliphatic rings. The molecule has 0 aromatic carbocycles. The van der Waals surface area contributed by atoms with Crippen LogP contribution in [0.15, 0.2) is 16.3 Å². The van der Waals surface area contributed by atoms with Gasteiger partial charge in [0.2, 0.25) is 10.0 Å². The Balaban J connectivity index is 2.01. The van der Waals surface area contributed by atoms with Crippen molar-refractivity contribution in [2.75, 3.05) is 13.2 Å². The minimum absolute atomic E-state index is 0.146. The molecule has 2 unspecified atom stereocenters. The number of thiophene rings is 1. The number of rotatable bonds is 6. The number of sulfonamides is 1. The van der Waals surface area contributed by atoms with Crippen LogP contribution in [0.5, 0.6) is 0 Å². The van der Waals surface area contributed by atoms with Crippen LogP contribution in [-0.2, 0) is 14.8 Å². The van der Waals surface area contributed by atoms with E-state index >= 15 is 0 Å². The van der Waals surface area contributed by atoms with Crippen LogP contribution in [0.4, 0.5) is 0 Å². The lowest BCUT2D eigenvalue weighted by atomic mass is 10.0. The minimum atomic E-state index is -3.49. The van der Waals surface area contributed by atoms with E-state index in [1.54, 1.807) is 6.07 Å². The van der Waals surface area contributed by atoms with Crippen LogP contribution < -0.4 is 10.5 Å². The lowest BCUT2D eigenvalue weighted by molar-refractivity contribution is 0.0884. The zero-order valence-corrected chi connectivity index (χ0v) is 13.6. The Bertz CT molecular complexity index is 583. The zero-order valence-electron chi connectivity index (χ0n) is 11.2. The Kier molecular flexibility index (Phi) is 5.14. The summed E-state index contributed by atoms with van der Waals surface area (Å²) in [5.74, 6) is 0.241. The zero-order chi connectivity index (χ0) is 14.8. The molecule has 112 valence electrons. The highest BCUT2D eigenvalue weighted by molar-refractivity contribution is 7.91. The van der Waals surface area contributed by atoms with Gasteiger partial charge in [-0.1, -0.05) is 19.1 Å². The molecule has 0 spiro atoms. The summed E-state index contributed by atoms with van der Waals surface area (Å²) in [6.45, 7) is 3.15. The maximum Gasteiger partial charge on any atom is 0.250 e. The molecule has 2 rings (SSSR count). The van der Waals surface area contributed by atoms with Gasteiger partial charge in [-0.2, -0.15) is 0 Å². The van der Waals surface area contributed by atoms with Crippen molar-refractivity contribution in [3.63, 3.8) is 0 Å². The topological polar surface area (TPSA) is 81.4 Å². The fraction of sp³-hybridized carbons (Fsp3) is 0.583. The predicted octanol–water partition coefficient (Wildman–Crippen LogP) is 1.48. The third-order valence-electron chi connectivity index (χ3n) is 3.37. The van der Waals surface area contributed by atoms with Crippen molar-refractivity contribution in [1.82, 2.24) is 4.72 Å². The highest BCUT2D eigenvalue weighted by atomic mass is 32.2. The second-order valence-electron chi connectivity index (χ2n) is 4.70. The number of thiocarbonyl (C=S) groups is 1. The number of ether oxygens (including phenoxy) is 1. The van der Waals surface area contributed by atoms with Gasteiger partial charge < -0.3 is 10.5 Å². The molecule has 2 atom stereocenters. The van der Waals surface area contributed by atoms with Crippen LogP contribution in [0.25, 0.3) is 0 Å². The summed E-state index contributed by atoms with van der Waals surface area (Å²) in [5, 5.41) is 0. The van der Waals surface area contributed by atoms with Crippen molar-refractivity contribution >= 4 is 38.6 Å². The Morgan fingerprint density at radius 2 is 2.35 bits per heavy atom. The summed E-state index contributed by atoms with van der Waals surface area (Å²) in [7, 11) is -3.49. The molecule has 0 radical (unpaired) electrons. The Labute approximate surface area is 128 Å². The monoisotopic (exact) mass is 334 g/mol. The summed E-state index contributed by atoms with van der Waals surface area (Å²) in [5.41, 5.74) is 5.49. The molecule has 0 amide bonds. The van der Waals surface area contributed by atoms with Crippen molar-refractivity contribution < 1.29 is 13.2 Å². The van der Waals surface area contributed by atoms with E-state index < -0.39 is 10.0 Å². The molecular formula is C12H18N2O3S3. The fourth-order valence-electron chi connectivity index (χ4n) is 2.26. The first kappa shape index (κ1) is 15.8. The van der Waals surface area contributed by atoms with E-state index in [1.165, 1.54) is 6.07 Å². The molecule has 1 aliphatic heterocycles. The van der Waals surface area contributed by atoms with Gasteiger partial charge >= 0.3 is 0 Å². The van der Waals surface area contributed by atoms with E-state index in [-0.39, 0.29) is 21.2 Å². The summed E-state index contributed by atoms with van der Waals surface area (Å²) < 4.78 is 32.8. The smallest absolute Gasteiger partial charge is 0.250 e. The third-order valence-corrected chi connectivity index (χ3v) is 6.76. The van der Waals surface area contributed by atoms with Gasteiger partial charge in [0.15, 0.2) is 0 Å². The van der Waals surface area contributed by atoms with Crippen LogP contribution in [0.2, 0.25) is 0 Å². The van der Waals surface area contributed by atoms with Crippen LogP contribution >= 0.6 is 23.6 Å². The van der Waals surface area contributed by atoms with Gasteiger partial charge in [0.25, 0.3) is 0 Å². The number of nitrogens with two attached hydrogens (primary N) is 1. The molecule has 8 heteroatoms.